The second-order valence-electron chi connectivity index (χ2n) is 7.33. The number of benzene rings is 1. The number of hydrogen-bond donors (Lipinski definition) is 1. The number of piperazine rings is 1. The molecule has 9 heteroatoms. The maximum Gasteiger partial charge on any atom is 0.243 e. The van der Waals surface area contributed by atoms with Gasteiger partial charge in [0.2, 0.25) is 10.0 Å². The zero-order valence-electron chi connectivity index (χ0n) is 17.0. The van der Waals surface area contributed by atoms with Crippen molar-refractivity contribution < 1.29 is 8.42 Å². The monoisotopic (exact) mass is 424 g/mol. The highest BCUT2D eigenvalue weighted by molar-refractivity contribution is 7.89. The molecule has 4 rings (SSSR count). The molecule has 3 aromatic rings. The van der Waals surface area contributed by atoms with Gasteiger partial charge in [0.15, 0.2) is 11.6 Å². The van der Waals surface area contributed by atoms with Crippen LogP contribution in [0.3, 0.4) is 0 Å². The molecule has 1 fully saturated rings. The summed E-state index contributed by atoms with van der Waals surface area (Å²) < 4.78 is 27.3. The van der Waals surface area contributed by atoms with E-state index in [0.29, 0.717) is 42.7 Å². The molecule has 1 aromatic carbocycles. The summed E-state index contributed by atoms with van der Waals surface area (Å²) in [4.78, 5) is 6.68. The molecule has 156 valence electrons. The molecular formula is C21H24N6O2S. The molecule has 0 amide bonds. The fraction of sp³-hybridized carbons (Fsp3) is 0.286. The van der Waals surface area contributed by atoms with Gasteiger partial charge in [0.25, 0.3) is 0 Å². The third kappa shape index (κ3) is 4.42. The molecule has 0 spiro atoms. The summed E-state index contributed by atoms with van der Waals surface area (Å²) in [5.41, 5.74) is 2.02. The molecule has 1 N–H and O–H groups in total. The van der Waals surface area contributed by atoms with E-state index < -0.39 is 10.0 Å². The van der Waals surface area contributed by atoms with E-state index in [9.17, 15) is 8.42 Å². The molecule has 1 aliphatic rings. The van der Waals surface area contributed by atoms with E-state index in [4.69, 9.17) is 0 Å². The van der Waals surface area contributed by atoms with E-state index in [1.807, 2.05) is 49.1 Å². The van der Waals surface area contributed by atoms with Crippen molar-refractivity contribution in [3.8, 4) is 0 Å². The minimum Gasteiger partial charge on any atom is -0.352 e. The summed E-state index contributed by atoms with van der Waals surface area (Å²) >= 11 is 0. The van der Waals surface area contributed by atoms with Gasteiger partial charge in [-0.25, -0.2) is 13.4 Å². The Morgan fingerprint density at radius 1 is 0.867 bits per heavy atom. The Morgan fingerprint density at radius 2 is 1.63 bits per heavy atom. The Bertz CT molecular complexity index is 1110. The third-order valence-electron chi connectivity index (χ3n) is 5.01. The van der Waals surface area contributed by atoms with Crippen LogP contribution in [0.1, 0.15) is 11.1 Å². The lowest BCUT2D eigenvalue weighted by Crippen LogP contribution is -2.49. The summed E-state index contributed by atoms with van der Waals surface area (Å²) in [6, 6.07) is 14.6. The smallest absolute Gasteiger partial charge is 0.243 e. The SMILES string of the molecule is Cc1ccc(Nc2ccc(N3CCN(S(=O)(=O)c4cccc(C)c4)CC3)nn2)nc1. The van der Waals surface area contributed by atoms with Crippen LogP contribution in [0.5, 0.6) is 0 Å². The van der Waals surface area contributed by atoms with Crippen LogP contribution in [-0.4, -0.2) is 54.1 Å². The van der Waals surface area contributed by atoms with Crippen molar-refractivity contribution in [2.75, 3.05) is 36.4 Å². The second kappa shape index (κ2) is 8.37. The van der Waals surface area contributed by atoms with Crippen LogP contribution in [0.4, 0.5) is 17.5 Å². The van der Waals surface area contributed by atoms with Crippen molar-refractivity contribution in [3.05, 3.63) is 65.9 Å². The molecule has 8 nitrogen and oxygen atoms in total. The number of sulfonamides is 1. The predicted molar refractivity (Wildman–Crippen MR) is 116 cm³/mol. The van der Waals surface area contributed by atoms with E-state index in [1.54, 1.807) is 24.4 Å². The molecule has 30 heavy (non-hydrogen) atoms. The number of aryl methyl sites for hydroxylation is 2. The molecule has 1 saturated heterocycles. The van der Waals surface area contributed by atoms with Gasteiger partial charge in [-0.1, -0.05) is 18.2 Å². The number of rotatable bonds is 5. The molecule has 2 aromatic heterocycles. The van der Waals surface area contributed by atoms with E-state index >= 15 is 0 Å². The zero-order valence-corrected chi connectivity index (χ0v) is 17.8. The van der Waals surface area contributed by atoms with Crippen molar-refractivity contribution in [1.82, 2.24) is 19.5 Å². The molecule has 0 aliphatic carbocycles. The highest BCUT2D eigenvalue weighted by atomic mass is 32.2. The molecule has 0 atom stereocenters. The van der Waals surface area contributed by atoms with E-state index in [0.717, 1.165) is 16.9 Å². The molecule has 0 unspecified atom stereocenters. The first kappa shape index (κ1) is 20.2. The topological polar surface area (TPSA) is 91.3 Å². The zero-order chi connectivity index (χ0) is 21.1. The molecule has 0 bridgehead atoms. The second-order valence-corrected chi connectivity index (χ2v) is 9.27. The molecule has 0 radical (unpaired) electrons. The van der Waals surface area contributed by atoms with Crippen LogP contribution in [0.15, 0.2) is 59.6 Å². The number of anilines is 3. The molecule has 0 saturated carbocycles. The van der Waals surface area contributed by atoms with Crippen LogP contribution < -0.4 is 10.2 Å². The summed E-state index contributed by atoms with van der Waals surface area (Å²) in [5.74, 6) is 2.04. The Morgan fingerprint density at radius 3 is 2.27 bits per heavy atom. The Kier molecular flexibility index (Phi) is 5.65. The summed E-state index contributed by atoms with van der Waals surface area (Å²) in [6.45, 7) is 5.81. The summed E-state index contributed by atoms with van der Waals surface area (Å²) in [7, 11) is -3.48. The van der Waals surface area contributed by atoms with Gasteiger partial charge in [0.05, 0.1) is 4.90 Å². The molecule has 3 heterocycles. The van der Waals surface area contributed by atoms with Gasteiger partial charge in [-0.05, 0) is 55.3 Å². The first-order valence-corrected chi connectivity index (χ1v) is 11.2. The lowest BCUT2D eigenvalue weighted by Gasteiger charge is -2.34. The average Bonchev–Trinajstić information content (AvgIpc) is 2.76. The maximum absolute atomic E-state index is 12.9. The van der Waals surface area contributed by atoms with E-state index in [1.165, 1.54) is 4.31 Å². The first-order chi connectivity index (χ1) is 14.4. The van der Waals surface area contributed by atoms with Gasteiger partial charge in [0, 0.05) is 32.4 Å². The highest BCUT2D eigenvalue weighted by Crippen LogP contribution is 2.21. The highest BCUT2D eigenvalue weighted by Gasteiger charge is 2.29. The van der Waals surface area contributed by atoms with Gasteiger partial charge in [-0.3, -0.25) is 0 Å². The van der Waals surface area contributed by atoms with Gasteiger partial charge in [-0.2, -0.15) is 4.31 Å². The predicted octanol–water partition coefficient (Wildman–Crippen LogP) is 2.74. The van der Waals surface area contributed by atoms with Crippen LogP contribution in [0, 0.1) is 13.8 Å². The average molecular weight is 425 g/mol. The van der Waals surface area contributed by atoms with E-state index in [-0.39, 0.29) is 0 Å². The van der Waals surface area contributed by atoms with Crippen molar-refractivity contribution in [2.45, 2.75) is 18.7 Å². The molecule has 1 aliphatic heterocycles. The lowest BCUT2D eigenvalue weighted by atomic mass is 10.2. The number of nitrogens with zero attached hydrogens (tertiary/aromatic N) is 5. The minimum atomic E-state index is -3.48. The van der Waals surface area contributed by atoms with Crippen LogP contribution in [0.2, 0.25) is 0 Å². The number of aromatic nitrogens is 3. The largest absolute Gasteiger partial charge is 0.352 e. The van der Waals surface area contributed by atoms with Crippen molar-refractivity contribution in [3.63, 3.8) is 0 Å². The quantitative estimate of drug-likeness (QED) is 0.673. The normalized spacial score (nSPS) is 15.2. The summed E-state index contributed by atoms with van der Waals surface area (Å²) in [6.07, 6.45) is 1.79. The van der Waals surface area contributed by atoms with Crippen molar-refractivity contribution in [2.24, 2.45) is 0 Å². The van der Waals surface area contributed by atoms with Crippen LogP contribution in [0.25, 0.3) is 0 Å². The Hall–Kier alpha value is -3.04. The first-order valence-electron chi connectivity index (χ1n) is 9.77. The Balaban J connectivity index is 1.38. The number of pyridine rings is 1. The minimum absolute atomic E-state index is 0.343. The lowest BCUT2D eigenvalue weighted by molar-refractivity contribution is 0.383. The fourth-order valence-electron chi connectivity index (χ4n) is 3.32. The molecular weight excluding hydrogens is 400 g/mol. The van der Waals surface area contributed by atoms with Crippen molar-refractivity contribution >= 4 is 27.5 Å². The third-order valence-corrected chi connectivity index (χ3v) is 6.90. The summed E-state index contributed by atoms with van der Waals surface area (Å²) in [5, 5.41) is 11.6. The van der Waals surface area contributed by atoms with Gasteiger partial charge >= 0.3 is 0 Å². The Labute approximate surface area is 176 Å². The van der Waals surface area contributed by atoms with Crippen LogP contribution >= 0.6 is 0 Å². The number of hydrogen-bond acceptors (Lipinski definition) is 7. The van der Waals surface area contributed by atoms with Gasteiger partial charge < -0.3 is 10.2 Å². The van der Waals surface area contributed by atoms with Crippen molar-refractivity contribution in [1.29, 1.82) is 0 Å². The van der Waals surface area contributed by atoms with E-state index in [2.05, 4.69) is 20.5 Å². The standard InChI is InChI=1S/C21H24N6O2S/c1-16-4-3-5-18(14-16)30(28,29)27-12-10-26(11-13-27)21-9-8-20(24-25-21)23-19-7-6-17(2)15-22-19/h3-9,14-15H,10-13H2,1-2H3,(H,22,23,24). The number of nitrogens with one attached hydrogen (secondary N) is 1. The maximum atomic E-state index is 12.9. The fourth-order valence-corrected chi connectivity index (χ4v) is 4.84. The van der Waals surface area contributed by atoms with Gasteiger partial charge in [-0.15, -0.1) is 10.2 Å². The van der Waals surface area contributed by atoms with Crippen LogP contribution in [-0.2, 0) is 10.0 Å². The van der Waals surface area contributed by atoms with Gasteiger partial charge in [0.1, 0.15) is 5.82 Å².